The first-order valence-electron chi connectivity index (χ1n) is 9.40. The number of hydrogen-bond acceptors (Lipinski definition) is 2. The molecule has 4 aliphatic carbocycles. The summed E-state index contributed by atoms with van der Waals surface area (Å²) in [5, 5.41) is 0. The summed E-state index contributed by atoms with van der Waals surface area (Å²) in [6, 6.07) is 3.78. The summed E-state index contributed by atoms with van der Waals surface area (Å²) in [4.78, 5) is 20.3. The molecule has 0 radical (unpaired) electrons. The van der Waals surface area contributed by atoms with Crippen LogP contribution in [-0.4, -0.2) is 52.4 Å². The summed E-state index contributed by atoms with van der Waals surface area (Å²) in [6.07, 6.45) is 10.6. The summed E-state index contributed by atoms with van der Waals surface area (Å²) >= 11 is 0. The van der Waals surface area contributed by atoms with Gasteiger partial charge in [-0.25, -0.2) is 0 Å². The molecule has 0 unspecified atom stereocenters. The van der Waals surface area contributed by atoms with Crippen LogP contribution in [0.15, 0.2) is 18.3 Å². The lowest BCUT2D eigenvalue weighted by Crippen LogP contribution is -2.64. The van der Waals surface area contributed by atoms with E-state index in [0.29, 0.717) is 5.54 Å². The molecule has 4 nitrogen and oxygen atoms in total. The number of nitrogens with one attached hydrogen (secondary N) is 1. The van der Waals surface area contributed by atoms with Gasteiger partial charge in [0.15, 0.2) is 0 Å². The molecule has 1 N–H and O–H groups in total. The van der Waals surface area contributed by atoms with Crippen molar-refractivity contribution in [2.75, 3.05) is 26.2 Å². The third-order valence-electron chi connectivity index (χ3n) is 7.07. The highest BCUT2D eigenvalue weighted by Crippen LogP contribution is 2.57. The molecule has 23 heavy (non-hydrogen) atoms. The fourth-order valence-electron chi connectivity index (χ4n) is 6.47. The Labute approximate surface area is 138 Å². The van der Waals surface area contributed by atoms with Crippen LogP contribution in [0, 0.1) is 17.8 Å². The highest BCUT2D eigenvalue weighted by molar-refractivity contribution is 5.92. The molecule has 0 aromatic carbocycles. The van der Waals surface area contributed by atoms with E-state index in [4.69, 9.17) is 0 Å². The van der Waals surface area contributed by atoms with Crippen molar-refractivity contribution in [3.05, 3.63) is 24.0 Å². The SMILES string of the molecule is O=C(c1ccc[nH]1)N1CCN(C23CC4CC(CC(C4)C2)C3)CC1. The number of aromatic nitrogens is 1. The van der Waals surface area contributed by atoms with E-state index in [1.54, 1.807) is 0 Å². The first-order chi connectivity index (χ1) is 11.2. The minimum absolute atomic E-state index is 0.167. The van der Waals surface area contributed by atoms with Crippen molar-refractivity contribution < 1.29 is 4.79 Å². The smallest absolute Gasteiger partial charge is 0.270 e. The lowest BCUT2D eigenvalue weighted by Gasteiger charge is -2.61. The van der Waals surface area contributed by atoms with E-state index in [9.17, 15) is 4.79 Å². The molecular formula is C19H27N3O. The maximum absolute atomic E-state index is 12.5. The van der Waals surface area contributed by atoms with E-state index in [-0.39, 0.29) is 5.91 Å². The van der Waals surface area contributed by atoms with Crippen LogP contribution in [0.25, 0.3) is 0 Å². The molecule has 0 atom stereocenters. The third kappa shape index (κ3) is 2.25. The lowest BCUT2D eigenvalue weighted by atomic mass is 9.52. The predicted molar refractivity (Wildman–Crippen MR) is 89.2 cm³/mol. The fourth-order valence-corrected chi connectivity index (χ4v) is 6.47. The normalized spacial score (nSPS) is 39.8. The number of carbonyl (C=O) groups excluding carboxylic acids is 1. The zero-order valence-corrected chi connectivity index (χ0v) is 13.8. The second-order valence-corrected chi connectivity index (χ2v) is 8.50. The Bertz CT molecular complexity index is 550. The Morgan fingerprint density at radius 3 is 2.13 bits per heavy atom. The highest BCUT2D eigenvalue weighted by atomic mass is 16.2. The number of H-pyrrole nitrogens is 1. The summed E-state index contributed by atoms with van der Waals surface area (Å²) in [5.41, 5.74) is 1.23. The molecule has 1 saturated heterocycles. The van der Waals surface area contributed by atoms with Crippen molar-refractivity contribution in [1.29, 1.82) is 0 Å². The molecule has 1 aromatic rings. The molecule has 1 aromatic heterocycles. The van der Waals surface area contributed by atoms with Crippen molar-refractivity contribution in [3.63, 3.8) is 0 Å². The minimum atomic E-state index is 0.167. The van der Waals surface area contributed by atoms with Crippen molar-refractivity contribution in [2.24, 2.45) is 17.8 Å². The van der Waals surface area contributed by atoms with Crippen molar-refractivity contribution in [3.8, 4) is 0 Å². The molecule has 0 spiro atoms. The van der Waals surface area contributed by atoms with Gasteiger partial charge in [-0.05, 0) is 68.4 Å². The van der Waals surface area contributed by atoms with E-state index in [1.165, 1.54) is 38.5 Å². The van der Waals surface area contributed by atoms with Gasteiger partial charge in [-0.3, -0.25) is 9.69 Å². The number of amides is 1. The van der Waals surface area contributed by atoms with Crippen molar-refractivity contribution >= 4 is 5.91 Å². The molecule has 124 valence electrons. The van der Waals surface area contributed by atoms with Crippen LogP contribution in [0.4, 0.5) is 0 Å². The van der Waals surface area contributed by atoms with Crippen LogP contribution >= 0.6 is 0 Å². The Morgan fingerprint density at radius 1 is 1.00 bits per heavy atom. The summed E-state index contributed by atoms with van der Waals surface area (Å²) < 4.78 is 0. The Hall–Kier alpha value is -1.29. The van der Waals surface area contributed by atoms with Gasteiger partial charge in [0.05, 0.1) is 0 Å². The van der Waals surface area contributed by atoms with Crippen LogP contribution in [-0.2, 0) is 0 Å². The van der Waals surface area contributed by atoms with E-state index in [2.05, 4.69) is 9.88 Å². The van der Waals surface area contributed by atoms with Crippen molar-refractivity contribution in [1.82, 2.24) is 14.8 Å². The van der Waals surface area contributed by atoms with Crippen LogP contribution in [0.2, 0.25) is 0 Å². The van der Waals surface area contributed by atoms with Gasteiger partial charge in [0.25, 0.3) is 5.91 Å². The molecule has 5 fully saturated rings. The maximum atomic E-state index is 12.5. The monoisotopic (exact) mass is 313 g/mol. The second-order valence-electron chi connectivity index (χ2n) is 8.50. The summed E-state index contributed by atoms with van der Waals surface area (Å²) in [5.74, 6) is 3.17. The zero-order chi connectivity index (χ0) is 15.4. The van der Waals surface area contributed by atoms with Gasteiger partial charge in [0, 0.05) is 37.9 Å². The van der Waals surface area contributed by atoms with Gasteiger partial charge < -0.3 is 9.88 Å². The van der Waals surface area contributed by atoms with Gasteiger partial charge in [-0.2, -0.15) is 0 Å². The number of aromatic amines is 1. The van der Waals surface area contributed by atoms with Gasteiger partial charge in [-0.1, -0.05) is 0 Å². The third-order valence-corrected chi connectivity index (χ3v) is 7.07. The molecule has 6 rings (SSSR count). The van der Waals surface area contributed by atoms with Gasteiger partial charge in [0.1, 0.15) is 5.69 Å². The van der Waals surface area contributed by atoms with Gasteiger partial charge >= 0.3 is 0 Å². The van der Waals surface area contributed by atoms with Gasteiger partial charge in [-0.15, -0.1) is 0 Å². The number of nitrogens with zero attached hydrogens (tertiary/aromatic N) is 2. The number of hydrogen-bond donors (Lipinski definition) is 1. The maximum Gasteiger partial charge on any atom is 0.270 e. The first kappa shape index (κ1) is 14.1. The molecule has 1 amide bonds. The first-order valence-corrected chi connectivity index (χ1v) is 9.40. The second kappa shape index (κ2) is 5.10. The molecular weight excluding hydrogens is 286 g/mol. The van der Waals surface area contributed by atoms with Crippen LogP contribution in [0.1, 0.15) is 49.0 Å². The largest absolute Gasteiger partial charge is 0.357 e. The van der Waals surface area contributed by atoms with Crippen LogP contribution in [0.5, 0.6) is 0 Å². The van der Waals surface area contributed by atoms with E-state index in [0.717, 1.165) is 49.6 Å². The molecule has 4 heteroatoms. The van der Waals surface area contributed by atoms with Gasteiger partial charge in [0.2, 0.25) is 0 Å². The van der Waals surface area contributed by atoms with E-state index >= 15 is 0 Å². The number of carbonyl (C=O) groups is 1. The minimum Gasteiger partial charge on any atom is -0.357 e. The summed E-state index contributed by atoms with van der Waals surface area (Å²) in [6.45, 7) is 3.91. The Balaban J connectivity index is 1.27. The molecule has 4 bridgehead atoms. The lowest BCUT2D eigenvalue weighted by molar-refractivity contribution is -0.0987. The standard InChI is InChI=1S/C19H27N3O/c23-18(17-2-1-3-20-17)21-4-6-22(7-5-21)19-11-14-8-15(12-19)10-16(9-14)13-19/h1-3,14-16,20H,4-13H2. The average molecular weight is 313 g/mol. The molecule has 1 aliphatic heterocycles. The topological polar surface area (TPSA) is 39.3 Å². The average Bonchev–Trinajstić information content (AvgIpc) is 3.07. The fraction of sp³-hybridized carbons (Fsp3) is 0.737. The number of piperazine rings is 1. The van der Waals surface area contributed by atoms with E-state index < -0.39 is 0 Å². The molecule has 4 saturated carbocycles. The molecule has 2 heterocycles. The quantitative estimate of drug-likeness (QED) is 0.912. The zero-order valence-electron chi connectivity index (χ0n) is 13.8. The Morgan fingerprint density at radius 2 is 1.61 bits per heavy atom. The molecule has 5 aliphatic rings. The van der Waals surface area contributed by atoms with Crippen LogP contribution in [0.3, 0.4) is 0 Å². The summed E-state index contributed by atoms with van der Waals surface area (Å²) in [7, 11) is 0. The van der Waals surface area contributed by atoms with Crippen molar-refractivity contribution in [2.45, 2.75) is 44.1 Å². The number of rotatable bonds is 2. The van der Waals surface area contributed by atoms with Crippen LogP contribution < -0.4 is 0 Å². The van der Waals surface area contributed by atoms with E-state index in [1.807, 2.05) is 23.2 Å². The Kier molecular flexibility index (Phi) is 3.12. The highest BCUT2D eigenvalue weighted by Gasteiger charge is 2.53. The predicted octanol–water partition coefficient (Wildman–Crippen LogP) is 2.74.